The van der Waals surface area contributed by atoms with Crippen molar-refractivity contribution in [3.05, 3.63) is 23.9 Å². The third-order valence-corrected chi connectivity index (χ3v) is 5.77. The van der Waals surface area contributed by atoms with Crippen LogP contribution in [0.5, 0.6) is 11.5 Å². The van der Waals surface area contributed by atoms with Crippen LogP contribution in [0.4, 0.5) is 5.69 Å². The van der Waals surface area contributed by atoms with Gasteiger partial charge in [-0.25, -0.2) is 0 Å². The number of hydrogen-bond acceptors (Lipinski definition) is 6. The van der Waals surface area contributed by atoms with E-state index in [2.05, 4.69) is 22.2 Å². The van der Waals surface area contributed by atoms with Crippen LogP contribution in [0.3, 0.4) is 0 Å². The lowest BCUT2D eigenvalue weighted by atomic mass is 9.93. The molecule has 0 spiro atoms. The lowest BCUT2D eigenvalue weighted by Crippen LogP contribution is -2.34. The fourth-order valence-electron chi connectivity index (χ4n) is 3.66. The summed E-state index contributed by atoms with van der Waals surface area (Å²) >= 11 is 1.92. The predicted molar refractivity (Wildman–Crippen MR) is 107 cm³/mol. The van der Waals surface area contributed by atoms with Gasteiger partial charge in [0.1, 0.15) is 6.07 Å². The molecule has 2 aromatic rings. The zero-order valence-corrected chi connectivity index (χ0v) is 16.4. The smallest absolute Gasteiger partial charge is 0.162 e. The Morgan fingerprint density at radius 1 is 1.23 bits per heavy atom. The summed E-state index contributed by atoms with van der Waals surface area (Å²) in [6.07, 6.45) is 7.45. The molecule has 3 rings (SSSR count). The Hall–Kier alpha value is -2.13. The zero-order valence-electron chi connectivity index (χ0n) is 15.6. The van der Waals surface area contributed by atoms with Crippen LogP contribution in [0.15, 0.2) is 18.3 Å². The number of ether oxygens (including phenoxy) is 2. The Labute approximate surface area is 159 Å². The summed E-state index contributed by atoms with van der Waals surface area (Å²) in [6, 6.07) is 6.14. The second-order valence-corrected chi connectivity index (χ2v) is 7.55. The molecule has 0 saturated carbocycles. The first-order valence-corrected chi connectivity index (χ1v) is 10.3. The van der Waals surface area contributed by atoms with E-state index in [1.165, 1.54) is 25.0 Å². The van der Waals surface area contributed by atoms with Crippen molar-refractivity contribution in [2.24, 2.45) is 5.92 Å². The minimum absolute atomic E-state index is 0.618. The standard InChI is InChI=1S/C20H25N3O2S/c1-24-18-10-16-17(11-19(18)25-2)22-13-15(12-21)20(16)23-7-4-14(5-8-23)6-9-26-3/h10-11,13-14H,4-9H2,1-3H3. The summed E-state index contributed by atoms with van der Waals surface area (Å²) in [6.45, 7) is 1.95. The number of nitriles is 1. The van der Waals surface area contributed by atoms with Gasteiger partial charge >= 0.3 is 0 Å². The molecule has 1 aromatic carbocycles. The third-order valence-electron chi connectivity index (χ3n) is 5.13. The summed E-state index contributed by atoms with van der Waals surface area (Å²) in [5.74, 6) is 3.32. The van der Waals surface area contributed by atoms with Gasteiger partial charge in [0, 0.05) is 30.7 Å². The molecule has 6 heteroatoms. The molecule has 0 aliphatic carbocycles. The highest BCUT2D eigenvalue weighted by molar-refractivity contribution is 7.98. The van der Waals surface area contributed by atoms with E-state index in [4.69, 9.17) is 9.47 Å². The van der Waals surface area contributed by atoms with Crippen LogP contribution in [0.25, 0.3) is 10.9 Å². The third kappa shape index (κ3) is 3.68. The Bertz CT molecular complexity index is 811. The van der Waals surface area contributed by atoms with Crippen LogP contribution in [0, 0.1) is 17.2 Å². The van der Waals surface area contributed by atoms with Gasteiger partial charge in [-0.3, -0.25) is 4.98 Å². The molecule has 1 aliphatic heterocycles. The first kappa shape index (κ1) is 18.7. The number of piperidine rings is 1. The van der Waals surface area contributed by atoms with Crippen molar-refractivity contribution >= 4 is 28.4 Å². The molecule has 0 amide bonds. The van der Waals surface area contributed by atoms with Crippen LogP contribution >= 0.6 is 11.8 Å². The first-order chi connectivity index (χ1) is 12.7. The maximum Gasteiger partial charge on any atom is 0.162 e. The molecule has 0 radical (unpaired) electrons. The van der Waals surface area contributed by atoms with Crippen molar-refractivity contribution in [1.29, 1.82) is 5.26 Å². The maximum atomic E-state index is 9.63. The Kier molecular flexibility index (Phi) is 6.10. The summed E-state index contributed by atoms with van der Waals surface area (Å²) in [5, 5.41) is 10.6. The highest BCUT2D eigenvalue weighted by atomic mass is 32.2. The largest absolute Gasteiger partial charge is 0.493 e. The van der Waals surface area contributed by atoms with E-state index >= 15 is 0 Å². The topological polar surface area (TPSA) is 58.4 Å². The maximum absolute atomic E-state index is 9.63. The number of rotatable bonds is 6. The van der Waals surface area contributed by atoms with Gasteiger partial charge in [0.15, 0.2) is 11.5 Å². The zero-order chi connectivity index (χ0) is 18.5. The molecule has 2 heterocycles. The SMILES string of the molecule is COc1cc2ncc(C#N)c(N3CCC(CCSC)CC3)c2cc1OC. The van der Waals surface area contributed by atoms with E-state index in [-0.39, 0.29) is 0 Å². The molecule has 1 fully saturated rings. The van der Waals surface area contributed by atoms with Gasteiger partial charge in [0.25, 0.3) is 0 Å². The van der Waals surface area contributed by atoms with Crippen LogP contribution in [-0.2, 0) is 0 Å². The minimum Gasteiger partial charge on any atom is -0.493 e. The van der Waals surface area contributed by atoms with E-state index in [1.54, 1.807) is 20.4 Å². The van der Waals surface area contributed by atoms with Crippen molar-refractivity contribution in [2.45, 2.75) is 19.3 Å². The number of methoxy groups -OCH3 is 2. The second-order valence-electron chi connectivity index (χ2n) is 6.57. The van der Waals surface area contributed by atoms with Gasteiger partial charge in [0.05, 0.1) is 31.0 Å². The van der Waals surface area contributed by atoms with E-state index < -0.39 is 0 Å². The number of hydrogen-bond donors (Lipinski definition) is 0. The highest BCUT2D eigenvalue weighted by Crippen LogP contribution is 2.38. The molecule has 5 nitrogen and oxygen atoms in total. The number of nitrogens with zero attached hydrogens (tertiary/aromatic N) is 3. The normalized spacial score (nSPS) is 15.1. The number of fused-ring (bicyclic) bond motifs is 1. The van der Waals surface area contributed by atoms with Gasteiger partial charge in [-0.2, -0.15) is 17.0 Å². The predicted octanol–water partition coefficient (Wildman–Crippen LogP) is 4.09. The Morgan fingerprint density at radius 3 is 2.54 bits per heavy atom. The van der Waals surface area contributed by atoms with Gasteiger partial charge in [0.2, 0.25) is 0 Å². The lowest BCUT2D eigenvalue weighted by Gasteiger charge is -2.34. The van der Waals surface area contributed by atoms with E-state index in [0.29, 0.717) is 17.1 Å². The minimum atomic E-state index is 0.618. The number of anilines is 1. The van der Waals surface area contributed by atoms with Crippen molar-refractivity contribution in [2.75, 3.05) is 44.2 Å². The molecular weight excluding hydrogens is 346 g/mol. The summed E-state index contributed by atoms with van der Waals surface area (Å²) in [4.78, 5) is 6.80. The van der Waals surface area contributed by atoms with Crippen molar-refractivity contribution in [1.82, 2.24) is 4.98 Å². The van der Waals surface area contributed by atoms with Gasteiger partial charge in [-0.05, 0) is 43.3 Å². The molecule has 0 atom stereocenters. The van der Waals surface area contributed by atoms with Crippen molar-refractivity contribution < 1.29 is 9.47 Å². The number of pyridine rings is 1. The monoisotopic (exact) mass is 371 g/mol. The van der Waals surface area contributed by atoms with Crippen LogP contribution < -0.4 is 14.4 Å². The molecule has 1 aromatic heterocycles. The quantitative estimate of drug-likeness (QED) is 0.762. The molecular formula is C20H25N3O2S. The van der Waals surface area contributed by atoms with Gasteiger partial charge in [-0.1, -0.05) is 0 Å². The molecule has 1 saturated heterocycles. The number of aromatic nitrogens is 1. The summed E-state index contributed by atoms with van der Waals surface area (Å²) in [7, 11) is 3.25. The molecule has 0 N–H and O–H groups in total. The average molecular weight is 372 g/mol. The fraction of sp³-hybridized carbons (Fsp3) is 0.500. The molecule has 1 aliphatic rings. The number of benzene rings is 1. The molecule has 138 valence electrons. The fourth-order valence-corrected chi connectivity index (χ4v) is 4.23. The first-order valence-electron chi connectivity index (χ1n) is 8.90. The van der Waals surface area contributed by atoms with Crippen LogP contribution in [-0.4, -0.2) is 44.3 Å². The van der Waals surface area contributed by atoms with Gasteiger partial charge < -0.3 is 14.4 Å². The Balaban J connectivity index is 1.97. The Morgan fingerprint density at radius 2 is 1.92 bits per heavy atom. The van der Waals surface area contributed by atoms with Crippen molar-refractivity contribution in [3.8, 4) is 17.6 Å². The van der Waals surface area contributed by atoms with Crippen LogP contribution in [0.2, 0.25) is 0 Å². The van der Waals surface area contributed by atoms with Crippen molar-refractivity contribution in [3.63, 3.8) is 0 Å². The van der Waals surface area contributed by atoms with Crippen LogP contribution in [0.1, 0.15) is 24.8 Å². The highest BCUT2D eigenvalue weighted by Gasteiger charge is 2.23. The number of thioether (sulfide) groups is 1. The lowest BCUT2D eigenvalue weighted by molar-refractivity contribution is 0.355. The van der Waals surface area contributed by atoms with Gasteiger partial charge in [-0.15, -0.1) is 0 Å². The second kappa shape index (κ2) is 8.50. The molecule has 0 bridgehead atoms. The van der Waals surface area contributed by atoms with E-state index in [9.17, 15) is 5.26 Å². The molecule has 0 unspecified atom stereocenters. The molecule has 26 heavy (non-hydrogen) atoms. The van der Waals surface area contributed by atoms with E-state index in [0.717, 1.165) is 35.6 Å². The summed E-state index contributed by atoms with van der Waals surface area (Å²) in [5.41, 5.74) is 2.41. The van der Waals surface area contributed by atoms with E-state index in [1.807, 2.05) is 23.9 Å². The summed E-state index contributed by atoms with van der Waals surface area (Å²) < 4.78 is 10.9. The average Bonchev–Trinajstić information content (AvgIpc) is 2.70.